The molecule has 0 atom stereocenters. The van der Waals surface area contributed by atoms with Crippen LogP contribution in [-0.2, 0) is 9.78 Å². The van der Waals surface area contributed by atoms with Crippen molar-refractivity contribution in [3.63, 3.8) is 0 Å². The maximum absolute atomic E-state index is 11.6. The number of rotatable bonds is 3. The molecule has 0 saturated heterocycles. The zero-order chi connectivity index (χ0) is 11.4. The van der Waals surface area contributed by atoms with Gasteiger partial charge in [-0.3, -0.25) is 4.89 Å². The summed E-state index contributed by atoms with van der Waals surface area (Å²) in [6.45, 7) is 7.45. The average molecular weight is 208 g/mol. The van der Waals surface area contributed by atoms with Crippen LogP contribution in [-0.4, -0.2) is 12.1 Å². The first-order valence-electron chi connectivity index (χ1n) is 4.96. The molecule has 3 heteroatoms. The Labute approximate surface area is 89.9 Å². The van der Waals surface area contributed by atoms with Gasteiger partial charge >= 0.3 is 5.97 Å². The topological polar surface area (TPSA) is 35.5 Å². The molecule has 0 unspecified atom stereocenters. The molecule has 0 fully saturated rings. The van der Waals surface area contributed by atoms with Gasteiger partial charge in [0.25, 0.3) is 0 Å². The quantitative estimate of drug-likeness (QED) is 0.566. The number of benzene rings is 1. The lowest BCUT2D eigenvalue weighted by Crippen LogP contribution is -2.12. The van der Waals surface area contributed by atoms with Crippen molar-refractivity contribution in [2.45, 2.75) is 33.8 Å². The van der Waals surface area contributed by atoms with Crippen molar-refractivity contribution in [2.75, 3.05) is 0 Å². The fourth-order valence-corrected chi connectivity index (χ4v) is 1.16. The highest BCUT2D eigenvalue weighted by atomic mass is 17.2. The summed E-state index contributed by atoms with van der Waals surface area (Å²) in [5.74, 6) is -0.440. The minimum Gasteiger partial charge on any atom is -0.293 e. The fraction of sp³-hybridized carbons (Fsp3) is 0.417. The molecule has 0 heterocycles. The Balaban J connectivity index is 2.78. The van der Waals surface area contributed by atoms with E-state index in [0.717, 1.165) is 11.1 Å². The highest BCUT2D eigenvalue weighted by molar-refractivity contribution is 5.90. The fourth-order valence-electron chi connectivity index (χ4n) is 1.16. The Bertz CT molecular complexity index is 356. The number of hydrogen-bond acceptors (Lipinski definition) is 3. The van der Waals surface area contributed by atoms with E-state index in [9.17, 15) is 4.79 Å². The molecule has 0 aromatic heterocycles. The second kappa shape index (κ2) is 4.94. The molecule has 0 N–H and O–H groups in total. The first kappa shape index (κ1) is 11.7. The highest BCUT2D eigenvalue weighted by Crippen LogP contribution is 2.14. The highest BCUT2D eigenvalue weighted by Gasteiger charge is 2.13. The van der Waals surface area contributed by atoms with Crippen molar-refractivity contribution < 1.29 is 14.6 Å². The van der Waals surface area contributed by atoms with Gasteiger partial charge in [-0.25, -0.2) is 4.79 Å². The van der Waals surface area contributed by atoms with E-state index in [1.165, 1.54) is 0 Å². The van der Waals surface area contributed by atoms with E-state index < -0.39 is 5.97 Å². The molecule has 3 nitrogen and oxygen atoms in total. The SMILES string of the molecule is Cc1cccc(C(=O)OOC(C)C)c1C. The van der Waals surface area contributed by atoms with Gasteiger partial charge in [0.2, 0.25) is 0 Å². The van der Waals surface area contributed by atoms with Crippen LogP contribution < -0.4 is 0 Å². The van der Waals surface area contributed by atoms with Gasteiger partial charge in [0, 0.05) is 0 Å². The molecule has 1 aromatic carbocycles. The molecular formula is C12H16O3. The van der Waals surface area contributed by atoms with Crippen LogP contribution >= 0.6 is 0 Å². The van der Waals surface area contributed by atoms with E-state index in [0.29, 0.717) is 5.56 Å². The van der Waals surface area contributed by atoms with Gasteiger partial charge in [0.05, 0.1) is 11.7 Å². The molecule has 0 aliphatic carbocycles. The number of hydrogen-bond donors (Lipinski definition) is 0. The molecule has 1 rings (SSSR count). The van der Waals surface area contributed by atoms with E-state index in [-0.39, 0.29) is 6.10 Å². The second-order valence-electron chi connectivity index (χ2n) is 3.76. The molecule has 0 spiro atoms. The summed E-state index contributed by atoms with van der Waals surface area (Å²) < 4.78 is 0. The summed E-state index contributed by atoms with van der Waals surface area (Å²) in [6, 6.07) is 5.51. The first-order chi connectivity index (χ1) is 7.02. The monoisotopic (exact) mass is 208 g/mol. The van der Waals surface area contributed by atoms with Crippen molar-refractivity contribution in [1.82, 2.24) is 0 Å². The second-order valence-corrected chi connectivity index (χ2v) is 3.76. The van der Waals surface area contributed by atoms with Crippen LogP contribution in [0.3, 0.4) is 0 Å². The summed E-state index contributed by atoms with van der Waals surface area (Å²) in [6.07, 6.45) is -0.126. The van der Waals surface area contributed by atoms with Gasteiger partial charge in [-0.05, 0) is 44.9 Å². The van der Waals surface area contributed by atoms with Gasteiger partial charge in [0.1, 0.15) is 0 Å². The van der Waals surface area contributed by atoms with Crippen molar-refractivity contribution >= 4 is 5.97 Å². The number of aryl methyl sites for hydroxylation is 1. The van der Waals surface area contributed by atoms with Crippen molar-refractivity contribution in [3.8, 4) is 0 Å². The van der Waals surface area contributed by atoms with Crippen LogP contribution in [0, 0.1) is 13.8 Å². The van der Waals surface area contributed by atoms with Gasteiger partial charge in [0.15, 0.2) is 0 Å². The third-order valence-electron chi connectivity index (χ3n) is 2.14. The summed E-state index contributed by atoms with van der Waals surface area (Å²) in [7, 11) is 0. The Morgan fingerprint density at radius 1 is 1.27 bits per heavy atom. The van der Waals surface area contributed by atoms with Crippen molar-refractivity contribution in [3.05, 3.63) is 34.9 Å². The molecule has 15 heavy (non-hydrogen) atoms. The third-order valence-corrected chi connectivity index (χ3v) is 2.14. The van der Waals surface area contributed by atoms with Crippen LogP contribution in [0.5, 0.6) is 0 Å². The van der Waals surface area contributed by atoms with Gasteiger partial charge < -0.3 is 0 Å². The Hall–Kier alpha value is -1.35. The zero-order valence-electron chi connectivity index (χ0n) is 9.53. The van der Waals surface area contributed by atoms with Gasteiger partial charge in [-0.1, -0.05) is 12.1 Å². The predicted molar refractivity (Wildman–Crippen MR) is 57.6 cm³/mol. The predicted octanol–water partition coefficient (Wildman–Crippen LogP) is 2.80. The maximum atomic E-state index is 11.6. The molecule has 0 amide bonds. The number of carbonyl (C=O) groups excluding carboxylic acids is 1. The van der Waals surface area contributed by atoms with E-state index in [2.05, 4.69) is 4.89 Å². The summed E-state index contributed by atoms with van der Waals surface area (Å²) in [4.78, 5) is 21.1. The minimum absolute atomic E-state index is 0.126. The molecule has 0 aliphatic rings. The largest absolute Gasteiger partial charge is 0.373 e. The van der Waals surface area contributed by atoms with E-state index in [4.69, 9.17) is 4.89 Å². The minimum atomic E-state index is -0.440. The van der Waals surface area contributed by atoms with Crippen LogP contribution in [0.15, 0.2) is 18.2 Å². The van der Waals surface area contributed by atoms with E-state index >= 15 is 0 Å². The third kappa shape index (κ3) is 3.06. The lowest BCUT2D eigenvalue weighted by molar-refractivity contribution is -0.265. The lowest BCUT2D eigenvalue weighted by atomic mass is 10.0. The van der Waals surface area contributed by atoms with Crippen LogP contribution in [0.25, 0.3) is 0 Å². The standard InChI is InChI=1S/C12H16O3/c1-8(2)14-15-12(13)11-7-5-6-9(3)10(11)4/h5-8H,1-4H3. The molecule has 0 saturated carbocycles. The molecule has 0 bridgehead atoms. The van der Waals surface area contributed by atoms with E-state index in [1.807, 2.05) is 26.0 Å². The normalized spacial score (nSPS) is 10.5. The summed E-state index contributed by atoms with van der Waals surface area (Å²) in [5, 5.41) is 0. The van der Waals surface area contributed by atoms with Crippen LogP contribution in [0.1, 0.15) is 35.3 Å². The summed E-state index contributed by atoms with van der Waals surface area (Å²) >= 11 is 0. The van der Waals surface area contributed by atoms with Crippen molar-refractivity contribution in [2.24, 2.45) is 0 Å². The van der Waals surface area contributed by atoms with Gasteiger partial charge in [-0.2, -0.15) is 4.89 Å². The van der Waals surface area contributed by atoms with Crippen molar-refractivity contribution in [1.29, 1.82) is 0 Å². The lowest BCUT2D eigenvalue weighted by Gasteiger charge is -2.09. The Morgan fingerprint density at radius 2 is 1.93 bits per heavy atom. The van der Waals surface area contributed by atoms with Crippen LogP contribution in [0.4, 0.5) is 0 Å². The molecular weight excluding hydrogens is 192 g/mol. The van der Waals surface area contributed by atoms with E-state index in [1.54, 1.807) is 19.9 Å². The molecule has 1 aromatic rings. The Morgan fingerprint density at radius 3 is 2.53 bits per heavy atom. The Kier molecular flexibility index (Phi) is 3.86. The summed E-state index contributed by atoms with van der Waals surface area (Å²) in [5.41, 5.74) is 2.54. The maximum Gasteiger partial charge on any atom is 0.373 e. The number of carbonyl (C=O) groups is 1. The van der Waals surface area contributed by atoms with Gasteiger partial charge in [-0.15, -0.1) is 0 Å². The smallest absolute Gasteiger partial charge is 0.293 e. The first-order valence-corrected chi connectivity index (χ1v) is 4.96. The van der Waals surface area contributed by atoms with Crippen LogP contribution in [0.2, 0.25) is 0 Å². The molecule has 82 valence electrons. The zero-order valence-corrected chi connectivity index (χ0v) is 9.53. The molecule has 0 radical (unpaired) electrons. The molecule has 0 aliphatic heterocycles. The average Bonchev–Trinajstić information content (AvgIpc) is 2.18.